The lowest BCUT2D eigenvalue weighted by Crippen LogP contribution is -2.61. The Balaban J connectivity index is 1.68. The number of imide groups is 1. The van der Waals surface area contributed by atoms with Crippen molar-refractivity contribution in [2.75, 3.05) is 21.2 Å². The molecule has 1 fully saturated rings. The molecule has 0 aromatic heterocycles. The zero-order valence-electron chi connectivity index (χ0n) is 18.4. The highest BCUT2D eigenvalue weighted by molar-refractivity contribution is 6.22. The van der Waals surface area contributed by atoms with Crippen LogP contribution in [0.1, 0.15) is 18.1 Å². The summed E-state index contributed by atoms with van der Waals surface area (Å²) in [5.74, 6) is 1.23. The minimum absolute atomic E-state index is 0.324. The van der Waals surface area contributed by atoms with Gasteiger partial charge in [0, 0.05) is 14.1 Å². The number of hydrogen-bond acceptors (Lipinski definition) is 6. The molecular formula is C23H25N6O3+. The van der Waals surface area contributed by atoms with Crippen LogP contribution in [0.15, 0.2) is 64.7 Å². The van der Waals surface area contributed by atoms with E-state index in [0.717, 1.165) is 27.5 Å². The van der Waals surface area contributed by atoms with Crippen molar-refractivity contribution in [3.05, 3.63) is 65.7 Å². The molecule has 9 heteroatoms. The van der Waals surface area contributed by atoms with Gasteiger partial charge in [0.2, 0.25) is 11.9 Å². The molecule has 1 N–H and O–H groups in total. The van der Waals surface area contributed by atoms with E-state index in [1.54, 1.807) is 14.2 Å². The monoisotopic (exact) mass is 433 g/mol. The van der Waals surface area contributed by atoms with Gasteiger partial charge in [-0.1, -0.05) is 35.3 Å². The van der Waals surface area contributed by atoms with Gasteiger partial charge in [0.25, 0.3) is 5.91 Å². The molecule has 2 heterocycles. The van der Waals surface area contributed by atoms with E-state index in [0.29, 0.717) is 18.3 Å². The quantitative estimate of drug-likeness (QED) is 0.443. The second-order valence-electron chi connectivity index (χ2n) is 7.59. The number of hydrogen-bond donors (Lipinski definition) is 1. The Labute approximate surface area is 186 Å². The summed E-state index contributed by atoms with van der Waals surface area (Å²) < 4.78 is 7.03. The fraction of sp³-hybridized carbons (Fsp3) is 0.261. The highest BCUT2D eigenvalue weighted by Crippen LogP contribution is 2.20. The molecule has 1 saturated heterocycles. The van der Waals surface area contributed by atoms with E-state index in [9.17, 15) is 9.59 Å². The molecule has 164 valence electrons. The first-order chi connectivity index (χ1) is 15.4. The number of nitrogens with zero attached hydrogens (tertiary/aromatic N) is 5. The summed E-state index contributed by atoms with van der Waals surface area (Å²) in [6, 6.07) is 16.2. The number of hydrazone groups is 1. The number of amides is 3. The largest absolute Gasteiger partial charge is 0.497 e. The molecule has 9 nitrogen and oxygen atoms in total. The average molecular weight is 433 g/mol. The number of methoxy groups -OCH3 is 1. The number of guanidine groups is 1. The van der Waals surface area contributed by atoms with Crippen LogP contribution in [-0.4, -0.2) is 71.1 Å². The van der Waals surface area contributed by atoms with Crippen LogP contribution in [0.4, 0.5) is 4.79 Å². The van der Waals surface area contributed by atoms with E-state index in [1.807, 2.05) is 66.1 Å². The number of nitrogens with one attached hydrogen (secondary N) is 1. The lowest BCUT2D eigenvalue weighted by Gasteiger charge is -2.31. The molecule has 3 amide bonds. The second-order valence-corrected chi connectivity index (χ2v) is 7.59. The number of rotatable bonds is 5. The van der Waals surface area contributed by atoms with Crippen LogP contribution in [0.2, 0.25) is 0 Å². The van der Waals surface area contributed by atoms with Gasteiger partial charge in [-0.25, -0.2) is 9.37 Å². The van der Waals surface area contributed by atoms with Crippen LogP contribution in [0.3, 0.4) is 0 Å². The molecule has 0 spiro atoms. The number of carbonyl (C=O) groups is 2. The van der Waals surface area contributed by atoms with Gasteiger partial charge in [-0.2, -0.15) is 5.43 Å². The molecule has 2 aromatic rings. The van der Waals surface area contributed by atoms with E-state index in [1.165, 1.54) is 11.9 Å². The van der Waals surface area contributed by atoms with Crippen LogP contribution in [0, 0.1) is 0 Å². The van der Waals surface area contributed by atoms with Crippen molar-refractivity contribution >= 4 is 29.4 Å². The molecule has 0 saturated carbocycles. The number of carbonyl (C=O) groups excluding carboxylic acids is 2. The average Bonchev–Trinajstić information content (AvgIpc) is 3.18. The Bertz CT molecular complexity index is 1140. The first-order valence-corrected chi connectivity index (χ1v) is 10.2. The SMILES string of the molecule is COc1ccc(/C(C)=N/NC2=[N+](Cc3ccccc3)C3C(=O)N(C)C(=O)N(C)C3=N2)cc1. The third-order valence-corrected chi connectivity index (χ3v) is 5.56. The molecule has 2 aliphatic heterocycles. The number of ether oxygens (including phenoxy) is 1. The van der Waals surface area contributed by atoms with Gasteiger partial charge in [0.15, 0.2) is 0 Å². The summed E-state index contributed by atoms with van der Waals surface area (Å²) in [6.45, 7) is 2.31. The Morgan fingerprint density at radius 1 is 1.09 bits per heavy atom. The Kier molecular flexibility index (Phi) is 5.72. The maximum absolute atomic E-state index is 13.0. The number of aliphatic imine (C=N–C) groups is 1. The number of benzene rings is 2. The number of likely N-dealkylation sites (N-methyl/N-ethyl adjacent to an activating group) is 2. The maximum Gasteiger partial charge on any atom is 0.414 e. The van der Waals surface area contributed by atoms with Crippen molar-refractivity contribution in [3.8, 4) is 5.75 Å². The molecule has 32 heavy (non-hydrogen) atoms. The fourth-order valence-corrected chi connectivity index (χ4v) is 3.66. The predicted molar refractivity (Wildman–Crippen MR) is 121 cm³/mol. The van der Waals surface area contributed by atoms with E-state index in [-0.39, 0.29) is 5.91 Å². The minimum atomic E-state index is -0.707. The van der Waals surface area contributed by atoms with Crippen molar-refractivity contribution in [1.82, 2.24) is 15.2 Å². The Morgan fingerprint density at radius 2 is 1.78 bits per heavy atom. The Morgan fingerprint density at radius 3 is 2.44 bits per heavy atom. The van der Waals surface area contributed by atoms with Crippen molar-refractivity contribution in [1.29, 1.82) is 0 Å². The van der Waals surface area contributed by atoms with Crippen LogP contribution in [-0.2, 0) is 11.3 Å². The number of fused-ring (bicyclic) bond motifs is 1. The van der Waals surface area contributed by atoms with Gasteiger partial charge in [-0.3, -0.25) is 14.6 Å². The molecule has 2 aliphatic rings. The zero-order chi connectivity index (χ0) is 22.8. The summed E-state index contributed by atoms with van der Waals surface area (Å²) in [5, 5.41) is 4.48. The third kappa shape index (κ3) is 3.84. The highest BCUT2D eigenvalue weighted by Gasteiger charge is 2.51. The normalized spacial score (nSPS) is 18.7. The maximum atomic E-state index is 13.0. The lowest BCUT2D eigenvalue weighted by atomic mass is 10.1. The molecular weight excluding hydrogens is 408 g/mol. The van der Waals surface area contributed by atoms with E-state index < -0.39 is 12.1 Å². The van der Waals surface area contributed by atoms with E-state index in [4.69, 9.17) is 4.74 Å². The number of urea groups is 1. The molecule has 0 bridgehead atoms. The van der Waals surface area contributed by atoms with Crippen LogP contribution < -0.4 is 10.2 Å². The summed E-state index contributed by atoms with van der Waals surface area (Å²) in [7, 11) is 4.72. The van der Waals surface area contributed by atoms with Crippen LogP contribution in [0.25, 0.3) is 0 Å². The van der Waals surface area contributed by atoms with Gasteiger partial charge in [-0.05, 0) is 42.3 Å². The second kappa shape index (κ2) is 8.62. The van der Waals surface area contributed by atoms with Gasteiger partial charge in [0.1, 0.15) is 5.75 Å². The van der Waals surface area contributed by atoms with Gasteiger partial charge in [0.05, 0.1) is 19.4 Å². The molecule has 0 aliphatic carbocycles. The fourth-order valence-electron chi connectivity index (χ4n) is 3.66. The van der Waals surface area contributed by atoms with Gasteiger partial charge < -0.3 is 4.74 Å². The summed E-state index contributed by atoms with van der Waals surface area (Å²) >= 11 is 0. The zero-order valence-corrected chi connectivity index (χ0v) is 18.4. The van der Waals surface area contributed by atoms with Crippen molar-refractivity contribution in [2.24, 2.45) is 10.1 Å². The van der Waals surface area contributed by atoms with E-state index >= 15 is 0 Å². The molecule has 1 unspecified atom stereocenters. The first kappa shape index (κ1) is 21.2. The highest BCUT2D eigenvalue weighted by atomic mass is 16.5. The molecule has 1 atom stereocenters. The van der Waals surface area contributed by atoms with Crippen LogP contribution >= 0.6 is 0 Å². The van der Waals surface area contributed by atoms with Gasteiger partial charge >= 0.3 is 12.0 Å². The predicted octanol–water partition coefficient (Wildman–Crippen LogP) is 1.88. The van der Waals surface area contributed by atoms with Crippen LogP contribution in [0.5, 0.6) is 5.75 Å². The summed E-state index contributed by atoms with van der Waals surface area (Å²) in [6.07, 6.45) is 0. The minimum Gasteiger partial charge on any atom is -0.497 e. The Hall–Kier alpha value is -4.01. The third-order valence-electron chi connectivity index (χ3n) is 5.56. The summed E-state index contributed by atoms with van der Waals surface area (Å²) in [4.78, 5) is 32.5. The van der Waals surface area contributed by atoms with Gasteiger partial charge in [-0.15, -0.1) is 5.10 Å². The molecule has 2 aromatic carbocycles. The van der Waals surface area contributed by atoms with Crippen molar-refractivity contribution in [2.45, 2.75) is 19.5 Å². The topological polar surface area (TPSA) is 89.6 Å². The first-order valence-electron chi connectivity index (χ1n) is 10.2. The standard InChI is InChI=1S/C23H24N6O3/c1-15(17-10-12-18(32-4)13-11-17)25-26-22-24-20-19(21(30)28(3)23(31)27(20)2)29(22)14-16-8-6-5-7-9-16/h5-13,19H,14H2,1-4H3/p+1/b25-15+. The molecule has 4 rings (SSSR count). The van der Waals surface area contributed by atoms with E-state index in [2.05, 4.69) is 15.5 Å². The van der Waals surface area contributed by atoms with Crippen molar-refractivity contribution in [3.63, 3.8) is 0 Å². The van der Waals surface area contributed by atoms with Crippen molar-refractivity contribution < 1.29 is 18.9 Å². The smallest absolute Gasteiger partial charge is 0.414 e. The summed E-state index contributed by atoms with van der Waals surface area (Å²) in [5.41, 5.74) is 5.67. The number of amidine groups is 1. The molecule has 0 radical (unpaired) electrons. The lowest BCUT2D eigenvalue weighted by molar-refractivity contribution is -0.553.